The molecular weight excluding hydrogens is 380 g/mol. The van der Waals surface area contributed by atoms with Crippen molar-refractivity contribution in [2.24, 2.45) is 0 Å². The van der Waals surface area contributed by atoms with Crippen LogP contribution in [0.15, 0.2) is 53.4 Å². The highest BCUT2D eigenvalue weighted by molar-refractivity contribution is 7.92. The number of aryl methyl sites for hydroxylation is 1. The number of rotatable bonds is 9. The molecule has 28 heavy (non-hydrogen) atoms. The number of anilines is 1. The largest absolute Gasteiger partial charge is 0.550 e. The lowest BCUT2D eigenvalue weighted by atomic mass is 10.1. The number of amides is 1. The fourth-order valence-corrected chi connectivity index (χ4v) is 3.54. The molecule has 7 nitrogen and oxygen atoms in total. The van der Waals surface area contributed by atoms with Crippen LogP contribution in [-0.4, -0.2) is 26.3 Å². The van der Waals surface area contributed by atoms with Crippen molar-refractivity contribution in [1.82, 2.24) is 5.32 Å². The van der Waals surface area contributed by atoms with Crippen LogP contribution in [0.3, 0.4) is 0 Å². The predicted molar refractivity (Wildman–Crippen MR) is 104 cm³/mol. The van der Waals surface area contributed by atoms with E-state index >= 15 is 0 Å². The molecule has 0 aromatic heterocycles. The van der Waals surface area contributed by atoms with Crippen LogP contribution in [-0.2, 0) is 21.2 Å². The summed E-state index contributed by atoms with van der Waals surface area (Å²) in [7, 11) is -3.91. The van der Waals surface area contributed by atoms with Gasteiger partial charge in [0, 0.05) is 12.0 Å². The van der Waals surface area contributed by atoms with E-state index in [-0.39, 0.29) is 40.9 Å². The van der Waals surface area contributed by atoms with Crippen LogP contribution in [0.25, 0.3) is 0 Å². The van der Waals surface area contributed by atoms with Crippen molar-refractivity contribution >= 4 is 27.6 Å². The Labute approximate surface area is 164 Å². The number of carboxylic acid groups (broad SMARTS) is 1. The van der Waals surface area contributed by atoms with E-state index in [9.17, 15) is 23.1 Å². The van der Waals surface area contributed by atoms with Gasteiger partial charge in [-0.1, -0.05) is 31.2 Å². The van der Waals surface area contributed by atoms with Crippen LogP contribution in [0.4, 0.5) is 5.69 Å². The van der Waals surface area contributed by atoms with Crippen LogP contribution in [0.1, 0.15) is 42.6 Å². The smallest absolute Gasteiger partial charge is 0.261 e. The first kappa shape index (κ1) is 21.4. The van der Waals surface area contributed by atoms with Crippen molar-refractivity contribution in [1.29, 1.82) is 0 Å². The summed E-state index contributed by atoms with van der Waals surface area (Å²) in [5, 5.41) is 13.3. The summed E-state index contributed by atoms with van der Waals surface area (Å²) in [6, 6.07) is 12.2. The van der Waals surface area contributed by atoms with Crippen LogP contribution >= 0.6 is 0 Å². The Bertz CT molecular complexity index is 939. The summed E-state index contributed by atoms with van der Waals surface area (Å²) in [4.78, 5) is 23.0. The van der Waals surface area contributed by atoms with E-state index in [1.54, 1.807) is 30.3 Å². The molecule has 0 saturated carbocycles. The number of sulfonamides is 1. The highest BCUT2D eigenvalue weighted by Gasteiger charge is 2.19. The fourth-order valence-electron chi connectivity index (χ4n) is 2.46. The van der Waals surface area contributed by atoms with E-state index in [1.807, 2.05) is 13.8 Å². The lowest BCUT2D eigenvalue weighted by Crippen LogP contribution is -2.32. The highest BCUT2D eigenvalue weighted by Crippen LogP contribution is 2.21. The Morgan fingerprint density at radius 2 is 1.71 bits per heavy atom. The molecular formula is C20H23N2O5S-. The number of aliphatic carboxylic acids is 1. The lowest BCUT2D eigenvalue weighted by Gasteiger charge is -2.15. The molecule has 0 aliphatic heterocycles. The molecule has 150 valence electrons. The van der Waals surface area contributed by atoms with Gasteiger partial charge >= 0.3 is 0 Å². The standard InChI is InChI=1S/C20H24N2O5S/c1-3-14(2)21-20(25)17-6-4-5-7-18(17)22-28(26,27)16-11-8-15(9-12-16)10-13-19(23)24/h4-9,11-12,14,22H,3,10,13H2,1-2H3,(H,21,25)(H,23,24)/p-1/t14-/m0/s1. The van der Waals surface area contributed by atoms with Gasteiger partial charge in [0.05, 0.1) is 16.1 Å². The zero-order valence-electron chi connectivity index (χ0n) is 15.8. The molecule has 8 heteroatoms. The topological polar surface area (TPSA) is 115 Å². The Kier molecular flexibility index (Phi) is 7.17. The minimum atomic E-state index is -3.91. The molecule has 0 fully saturated rings. The summed E-state index contributed by atoms with van der Waals surface area (Å²) in [5.41, 5.74) is 1.11. The van der Waals surface area contributed by atoms with Gasteiger partial charge in [0.15, 0.2) is 0 Å². The van der Waals surface area contributed by atoms with Crippen molar-refractivity contribution in [3.8, 4) is 0 Å². The SMILES string of the molecule is CC[C@H](C)NC(=O)c1ccccc1NS(=O)(=O)c1ccc(CCC(=O)[O-])cc1. The maximum Gasteiger partial charge on any atom is 0.261 e. The second kappa shape index (κ2) is 9.36. The highest BCUT2D eigenvalue weighted by atomic mass is 32.2. The third kappa shape index (κ3) is 5.82. The first-order valence-corrected chi connectivity index (χ1v) is 10.4. The van der Waals surface area contributed by atoms with Gasteiger partial charge in [0.25, 0.3) is 15.9 Å². The van der Waals surface area contributed by atoms with Gasteiger partial charge in [-0.2, -0.15) is 0 Å². The first-order valence-electron chi connectivity index (χ1n) is 8.94. The molecule has 1 amide bonds. The van der Waals surface area contributed by atoms with Crippen molar-refractivity contribution < 1.29 is 23.1 Å². The minimum Gasteiger partial charge on any atom is -0.550 e. The van der Waals surface area contributed by atoms with Crippen LogP contribution in [0.5, 0.6) is 0 Å². The summed E-state index contributed by atoms with van der Waals surface area (Å²) >= 11 is 0. The number of carbonyl (C=O) groups excluding carboxylic acids is 2. The Balaban J connectivity index is 2.20. The number of carboxylic acids is 1. The van der Waals surface area contributed by atoms with Crippen LogP contribution < -0.4 is 15.1 Å². The van der Waals surface area contributed by atoms with Gasteiger partial charge < -0.3 is 15.2 Å². The normalized spacial score (nSPS) is 12.2. The molecule has 0 aliphatic rings. The third-order valence-corrected chi connectivity index (χ3v) is 5.64. The maximum atomic E-state index is 12.7. The third-order valence-electron chi connectivity index (χ3n) is 4.26. The lowest BCUT2D eigenvalue weighted by molar-refractivity contribution is -0.305. The predicted octanol–water partition coefficient (Wildman–Crippen LogP) is 1.70. The van der Waals surface area contributed by atoms with Gasteiger partial charge in [-0.25, -0.2) is 8.42 Å². The molecule has 2 aromatic rings. The van der Waals surface area contributed by atoms with E-state index in [0.717, 1.165) is 6.42 Å². The van der Waals surface area contributed by atoms with Crippen LogP contribution in [0, 0.1) is 0 Å². The van der Waals surface area contributed by atoms with Gasteiger partial charge in [0.1, 0.15) is 0 Å². The number of hydrogen-bond donors (Lipinski definition) is 2. The summed E-state index contributed by atoms with van der Waals surface area (Å²) in [6.07, 6.45) is 0.877. The van der Waals surface area contributed by atoms with Gasteiger partial charge in [-0.15, -0.1) is 0 Å². The van der Waals surface area contributed by atoms with Gasteiger partial charge in [-0.3, -0.25) is 9.52 Å². The zero-order valence-corrected chi connectivity index (χ0v) is 16.6. The maximum absolute atomic E-state index is 12.7. The summed E-state index contributed by atoms with van der Waals surface area (Å²) < 4.78 is 27.8. The van der Waals surface area contributed by atoms with E-state index in [1.165, 1.54) is 18.2 Å². The van der Waals surface area contributed by atoms with Gasteiger partial charge in [-0.05, 0) is 56.0 Å². The monoisotopic (exact) mass is 403 g/mol. The molecule has 0 unspecified atom stereocenters. The molecule has 2 N–H and O–H groups in total. The van der Waals surface area contributed by atoms with Crippen molar-refractivity contribution in [2.75, 3.05) is 4.72 Å². The number of para-hydroxylation sites is 1. The average Bonchev–Trinajstić information content (AvgIpc) is 2.66. The van der Waals surface area contributed by atoms with Gasteiger partial charge in [0.2, 0.25) is 0 Å². The van der Waals surface area contributed by atoms with Crippen molar-refractivity contribution in [2.45, 2.75) is 44.0 Å². The Hall–Kier alpha value is -2.87. The molecule has 2 rings (SSSR count). The van der Waals surface area contributed by atoms with Crippen molar-refractivity contribution in [3.05, 3.63) is 59.7 Å². The minimum absolute atomic E-state index is 0.0156. The van der Waals surface area contributed by atoms with E-state index in [4.69, 9.17) is 0 Å². The molecule has 0 aliphatic carbocycles. The fraction of sp³-hybridized carbons (Fsp3) is 0.300. The Morgan fingerprint density at radius 1 is 1.07 bits per heavy atom. The average molecular weight is 403 g/mol. The van der Waals surface area contributed by atoms with E-state index in [0.29, 0.717) is 5.56 Å². The summed E-state index contributed by atoms with van der Waals surface area (Å²) in [5.74, 6) is -1.52. The second-order valence-corrected chi connectivity index (χ2v) is 8.13. The van der Waals surface area contributed by atoms with E-state index < -0.39 is 16.0 Å². The second-order valence-electron chi connectivity index (χ2n) is 6.45. The molecule has 0 saturated heterocycles. The zero-order chi connectivity index (χ0) is 20.7. The molecule has 0 bridgehead atoms. The number of nitrogens with one attached hydrogen (secondary N) is 2. The molecule has 2 aromatic carbocycles. The number of hydrogen-bond acceptors (Lipinski definition) is 5. The first-order chi connectivity index (χ1) is 13.2. The molecule has 1 atom stereocenters. The number of carbonyl (C=O) groups is 2. The molecule has 0 spiro atoms. The summed E-state index contributed by atoms with van der Waals surface area (Å²) in [6.45, 7) is 3.81. The van der Waals surface area contributed by atoms with Crippen LogP contribution in [0.2, 0.25) is 0 Å². The number of benzene rings is 2. The quantitative estimate of drug-likeness (QED) is 0.661. The van der Waals surface area contributed by atoms with E-state index in [2.05, 4.69) is 10.0 Å². The van der Waals surface area contributed by atoms with Crippen molar-refractivity contribution in [3.63, 3.8) is 0 Å². The molecule has 0 heterocycles. The Morgan fingerprint density at radius 3 is 2.32 bits per heavy atom. The molecule has 0 radical (unpaired) electrons.